The average molecular weight is 277 g/mol. The van der Waals surface area contributed by atoms with Crippen molar-refractivity contribution in [2.24, 2.45) is 11.8 Å². The summed E-state index contributed by atoms with van der Waals surface area (Å²) < 4.78 is 0. The van der Waals surface area contributed by atoms with Gasteiger partial charge in [0.2, 0.25) is 0 Å². The Morgan fingerprint density at radius 3 is 2.24 bits per heavy atom. The second-order valence-electron chi connectivity index (χ2n) is 6.89. The van der Waals surface area contributed by atoms with Gasteiger partial charge < -0.3 is 5.32 Å². The molecule has 2 aromatic rings. The molecule has 3 atom stereocenters. The summed E-state index contributed by atoms with van der Waals surface area (Å²) in [4.78, 5) is 0. The van der Waals surface area contributed by atoms with E-state index >= 15 is 0 Å². The van der Waals surface area contributed by atoms with Crippen LogP contribution in [0.5, 0.6) is 0 Å². The molecule has 2 aliphatic rings. The van der Waals surface area contributed by atoms with E-state index in [0.29, 0.717) is 0 Å². The standard InChI is InChI=1S/C20H23N/c1-3-7-16(8-4-1)14-20(15-17-11-12-18(20)13-17)21-19-9-5-2-6-10-19/h1-10,17-18,21H,11-15H2. The highest BCUT2D eigenvalue weighted by molar-refractivity contribution is 5.47. The summed E-state index contributed by atoms with van der Waals surface area (Å²) in [6, 6.07) is 21.8. The first-order valence-corrected chi connectivity index (χ1v) is 8.21. The number of hydrogen-bond donors (Lipinski definition) is 1. The Morgan fingerprint density at radius 1 is 0.905 bits per heavy atom. The molecule has 0 radical (unpaired) electrons. The first-order chi connectivity index (χ1) is 10.3. The number of rotatable bonds is 4. The molecule has 1 N–H and O–H groups in total. The minimum Gasteiger partial charge on any atom is -0.379 e. The van der Waals surface area contributed by atoms with Crippen LogP contribution in [0.15, 0.2) is 60.7 Å². The molecule has 0 heterocycles. The molecule has 2 aromatic carbocycles. The molecular formula is C20H23N. The van der Waals surface area contributed by atoms with E-state index in [1.165, 1.54) is 36.9 Å². The van der Waals surface area contributed by atoms with E-state index in [4.69, 9.17) is 0 Å². The van der Waals surface area contributed by atoms with Gasteiger partial charge >= 0.3 is 0 Å². The van der Waals surface area contributed by atoms with Crippen LogP contribution in [-0.4, -0.2) is 5.54 Å². The third kappa shape index (κ3) is 2.46. The fraction of sp³-hybridized carbons (Fsp3) is 0.400. The zero-order chi connectivity index (χ0) is 14.1. The van der Waals surface area contributed by atoms with Crippen molar-refractivity contribution in [3.05, 3.63) is 66.2 Å². The molecular weight excluding hydrogens is 254 g/mol. The zero-order valence-electron chi connectivity index (χ0n) is 12.5. The Balaban J connectivity index is 1.64. The van der Waals surface area contributed by atoms with Crippen LogP contribution in [0.25, 0.3) is 0 Å². The largest absolute Gasteiger partial charge is 0.379 e. The lowest BCUT2D eigenvalue weighted by molar-refractivity contribution is 0.296. The Kier molecular flexibility index (Phi) is 3.21. The minimum atomic E-state index is 0.269. The maximum atomic E-state index is 3.93. The Hall–Kier alpha value is -1.76. The lowest BCUT2D eigenvalue weighted by atomic mass is 9.76. The van der Waals surface area contributed by atoms with Crippen LogP contribution in [0.3, 0.4) is 0 Å². The predicted octanol–water partition coefficient (Wildman–Crippen LogP) is 4.90. The van der Waals surface area contributed by atoms with Gasteiger partial charge in [0.25, 0.3) is 0 Å². The van der Waals surface area contributed by atoms with Gasteiger partial charge in [-0.15, -0.1) is 0 Å². The molecule has 108 valence electrons. The van der Waals surface area contributed by atoms with Gasteiger partial charge in [-0.2, -0.15) is 0 Å². The van der Waals surface area contributed by atoms with Crippen LogP contribution in [-0.2, 0) is 6.42 Å². The van der Waals surface area contributed by atoms with Crippen LogP contribution in [0.4, 0.5) is 5.69 Å². The summed E-state index contributed by atoms with van der Waals surface area (Å²) in [5, 5.41) is 3.93. The predicted molar refractivity (Wildman–Crippen MR) is 88.4 cm³/mol. The van der Waals surface area contributed by atoms with Crippen LogP contribution >= 0.6 is 0 Å². The van der Waals surface area contributed by atoms with Gasteiger partial charge in [0.15, 0.2) is 0 Å². The van der Waals surface area contributed by atoms with E-state index in [-0.39, 0.29) is 5.54 Å². The smallest absolute Gasteiger partial charge is 0.0444 e. The van der Waals surface area contributed by atoms with Crippen molar-refractivity contribution in [3.63, 3.8) is 0 Å². The molecule has 4 rings (SSSR count). The highest BCUT2D eigenvalue weighted by Gasteiger charge is 2.50. The van der Waals surface area contributed by atoms with E-state index in [1.807, 2.05) is 0 Å². The normalized spacial score (nSPS) is 30.5. The fourth-order valence-corrected chi connectivity index (χ4v) is 4.63. The molecule has 1 nitrogen and oxygen atoms in total. The van der Waals surface area contributed by atoms with E-state index in [2.05, 4.69) is 66.0 Å². The van der Waals surface area contributed by atoms with Gasteiger partial charge in [0.1, 0.15) is 0 Å². The van der Waals surface area contributed by atoms with Gasteiger partial charge in [-0.1, -0.05) is 48.5 Å². The Morgan fingerprint density at radius 2 is 1.62 bits per heavy atom. The maximum absolute atomic E-state index is 3.93. The molecule has 0 aliphatic heterocycles. The first-order valence-electron chi connectivity index (χ1n) is 8.21. The molecule has 0 aromatic heterocycles. The summed E-state index contributed by atoms with van der Waals surface area (Å²) >= 11 is 0. The second-order valence-corrected chi connectivity index (χ2v) is 6.89. The molecule has 0 amide bonds. The molecule has 2 bridgehead atoms. The molecule has 3 unspecified atom stereocenters. The van der Waals surface area contributed by atoms with Crippen molar-refractivity contribution in [3.8, 4) is 0 Å². The monoisotopic (exact) mass is 277 g/mol. The van der Waals surface area contributed by atoms with Gasteiger partial charge in [-0.25, -0.2) is 0 Å². The number of fused-ring (bicyclic) bond motifs is 2. The quantitative estimate of drug-likeness (QED) is 0.838. The highest BCUT2D eigenvalue weighted by Crippen LogP contribution is 2.53. The lowest BCUT2D eigenvalue weighted by Crippen LogP contribution is -2.45. The molecule has 21 heavy (non-hydrogen) atoms. The summed E-state index contributed by atoms with van der Waals surface area (Å²) in [6.07, 6.45) is 6.76. The van der Waals surface area contributed by atoms with Crippen LogP contribution < -0.4 is 5.32 Å². The third-order valence-electron chi connectivity index (χ3n) is 5.51. The second kappa shape index (κ2) is 5.22. The summed E-state index contributed by atoms with van der Waals surface area (Å²) in [7, 11) is 0. The molecule has 0 saturated heterocycles. The molecule has 2 fully saturated rings. The van der Waals surface area contributed by atoms with Crippen LogP contribution in [0.2, 0.25) is 0 Å². The zero-order valence-corrected chi connectivity index (χ0v) is 12.5. The van der Waals surface area contributed by atoms with Crippen molar-refractivity contribution in [2.75, 3.05) is 5.32 Å². The lowest BCUT2D eigenvalue weighted by Gasteiger charge is -2.40. The maximum Gasteiger partial charge on any atom is 0.0444 e. The number of para-hydroxylation sites is 1. The number of anilines is 1. The SMILES string of the molecule is c1ccc(CC2(Nc3ccccc3)CC3CCC2C3)cc1. The first kappa shape index (κ1) is 12.9. The number of benzene rings is 2. The molecule has 2 aliphatic carbocycles. The van der Waals surface area contributed by atoms with Crippen molar-refractivity contribution in [1.82, 2.24) is 0 Å². The van der Waals surface area contributed by atoms with Crippen molar-refractivity contribution in [1.29, 1.82) is 0 Å². The third-order valence-corrected chi connectivity index (χ3v) is 5.51. The highest BCUT2D eigenvalue weighted by atomic mass is 15.0. The van der Waals surface area contributed by atoms with Crippen molar-refractivity contribution in [2.45, 2.75) is 37.6 Å². The van der Waals surface area contributed by atoms with Crippen molar-refractivity contribution < 1.29 is 0 Å². The van der Waals surface area contributed by atoms with Gasteiger partial charge in [-0.05, 0) is 61.6 Å². The van der Waals surface area contributed by atoms with E-state index in [0.717, 1.165) is 18.3 Å². The molecule has 1 heteroatoms. The van der Waals surface area contributed by atoms with Gasteiger partial charge in [-0.3, -0.25) is 0 Å². The molecule has 2 saturated carbocycles. The van der Waals surface area contributed by atoms with Gasteiger partial charge in [0.05, 0.1) is 0 Å². The Labute approximate surface area is 127 Å². The number of nitrogens with one attached hydrogen (secondary N) is 1. The number of hydrogen-bond acceptors (Lipinski definition) is 1. The van der Waals surface area contributed by atoms with E-state index < -0.39 is 0 Å². The van der Waals surface area contributed by atoms with Crippen LogP contribution in [0.1, 0.15) is 31.2 Å². The molecule has 0 spiro atoms. The van der Waals surface area contributed by atoms with E-state index in [9.17, 15) is 0 Å². The summed E-state index contributed by atoms with van der Waals surface area (Å²) in [5.74, 6) is 1.78. The minimum absolute atomic E-state index is 0.269. The van der Waals surface area contributed by atoms with Crippen LogP contribution in [0, 0.1) is 11.8 Å². The topological polar surface area (TPSA) is 12.0 Å². The van der Waals surface area contributed by atoms with Gasteiger partial charge in [0, 0.05) is 11.2 Å². The average Bonchev–Trinajstić information content (AvgIpc) is 3.10. The summed E-state index contributed by atoms with van der Waals surface area (Å²) in [5.41, 5.74) is 3.01. The van der Waals surface area contributed by atoms with Crippen molar-refractivity contribution >= 4 is 5.69 Å². The van der Waals surface area contributed by atoms with E-state index in [1.54, 1.807) is 0 Å². The fourth-order valence-electron chi connectivity index (χ4n) is 4.63. The summed E-state index contributed by atoms with van der Waals surface area (Å²) in [6.45, 7) is 0. The Bertz CT molecular complexity index is 548.